The van der Waals surface area contributed by atoms with Crippen LogP contribution in [0.1, 0.15) is 16.7 Å². The number of carbonyl (C=O) groups is 2. The molecule has 1 aliphatic heterocycles. The van der Waals surface area contributed by atoms with Gasteiger partial charge in [-0.2, -0.15) is 0 Å². The van der Waals surface area contributed by atoms with Gasteiger partial charge in [0.2, 0.25) is 0 Å². The van der Waals surface area contributed by atoms with Gasteiger partial charge in [-0.1, -0.05) is 59.1 Å². The summed E-state index contributed by atoms with van der Waals surface area (Å²) in [4.78, 5) is 28.3. The lowest BCUT2D eigenvalue weighted by molar-refractivity contribution is -0.120. The van der Waals surface area contributed by atoms with Crippen molar-refractivity contribution in [2.75, 3.05) is 17.3 Å². The second-order valence-corrected chi connectivity index (χ2v) is 8.26. The zero-order valence-electron chi connectivity index (χ0n) is 17.7. The van der Waals surface area contributed by atoms with Crippen LogP contribution in [0.3, 0.4) is 0 Å². The molecule has 0 spiro atoms. The van der Waals surface area contributed by atoms with Crippen LogP contribution >= 0.6 is 23.2 Å². The Morgan fingerprint density at radius 3 is 2.31 bits per heavy atom. The van der Waals surface area contributed by atoms with Crippen LogP contribution in [0.4, 0.5) is 11.4 Å². The fourth-order valence-corrected chi connectivity index (χ4v) is 3.95. The smallest absolute Gasteiger partial charge is 0.282 e. The first-order chi connectivity index (χ1) is 15.3. The van der Waals surface area contributed by atoms with Crippen LogP contribution in [-0.4, -0.2) is 18.9 Å². The second kappa shape index (κ2) is 8.69. The van der Waals surface area contributed by atoms with E-state index in [1.54, 1.807) is 43.3 Å². The summed E-state index contributed by atoms with van der Waals surface area (Å²) in [6, 6.07) is 17.6. The average Bonchev–Trinajstić information content (AvgIpc) is 3.01. The first-order valence-corrected chi connectivity index (χ1v) is 10.6. The van der Waals surface area contributed by atoms with Crippen molar-refractivity contribution in [3.63, 3.8) is 0 Å². The molecular weight excluding hydrogens is 447 g/mol. The SMILES string of the molecule is COc1ccc(Cl)cc1NC1=C(c2ccc(C)cc2)C(=O)N(c2cccc(Cl)c2C)C1=O. The van der Waals surface area contributed by atoms with E-state index in [2.05, 4.69) is 5.32 Å². The highest BCUT2D eigenvalue weighted by Crippen LogP contribution is 2.38. The zero-order chi connectivity index (χ0) is 23.0. The molecule has 4 rings (SSSR count). The number of anilines is 2. The number of benzene rings is 3. The van der Waals surface area contributed by atoms with Crippen LogP contribution in [0.2, 0.25) is 10.0 Å². The summed E-state index contributed by atoms with van der Waals surface area (Å²) in [6.45, 7) is 3.73. The molecule has 0 saturated carbocycles. The van der Waals surface area contributed by atoms with E-state index in [1.165, 1.54) is 7.11 Å². The Balaban J connectivity index is 1.88. The lowest BCUT2D eigenvalue weighted by atomic mass is 10.0. The van der Waals surface area contributed by atoms with E-state index in [0.29, 0.717) is 38.3 Å². The summed E-state index contributed by atoms with van der Waals surface area (Å²) in [5.41, 5.74) is 3.62. The molecule has 3 aromatic rings. The number of methoxy groups -OCH3 is 1. The van der Waals surface area contributed by atoms with Gasteiger partial charge in [-0.15, -0.1) is 0 Å². The van der Waals surface area contributed by atoms with E-state index in [-0.39, 0.29) is 11.3 Å². The lowest BCUT2D eigenvalue weighted by Gasteiger charge is -2.18. The van der Waals surface area contributed by atoms with E-state index >= 15 is 0 Å². The highest BCUT2D eigenvalue weighted by Gasteiger charge is 2.41. The Hall–Kier alpha value is -3.28. The minimum atomic E-state index is -0.488. The summed E-state index contributed by atoms with van der Waals surface area (Å²) in [6.07, 6.45) is 0. The van der Waals surface area contributed by atoms with Gasteiger partial charge in [-0.05, 0) is 55.3 Å². The van der Waals surface area contributed by atoms with Gasteiger partial charge in [-0.25, -0.2) is 4.90 Å². The molecule has 1 heterocycles. The molecule has 0 aliphatic carbocycles. The number of nitrogens with zero attached hydrogens (tertiary/aromatic N) is 1. The lowest BCUT2D eigenvalue weighted by Crippen LogP contribution is -2.33. The summed E-state index contributed by atoms with van der Waals surface area (Å²) < 4.78 is 5.40. The molecule has 0 fully saturated rings. The van der Waals surface area contributed by atoms with Gasteiger partial charge in [-0.3, -0.25) is 9.59 Å². The Bertz CT molecular complexity index is 1270. The third kappa shape index (κ3) is 3.85. The highest BCUT2D eigenvalue weighted by atomic mass is 35.5. The maximum Gasteiger partial charge on any atom is 0.282 e. The molecule has 0 saturated heterocycles. The van der Waals surface area contributed by atoms with Gasteiger partial charge in [0.15, 0.2) is 0 Å². The van der Waals surface area contributed by atoms with Gasteiger partial charge in [0.05, 0.1) is 24.1 Å². The molecule has 0 atom stereocenters. The van der Waals surface area contributed by atoms with Gasteiger partial charge < -0.3 is 10.1 Å². The minimum Gasteiger partial charge on any atom is -0.495 e. The standard InChI is InChI=1S/C25H20Cl2N2O3/c1-14-7-9-16(10-8-14)22-23(28-19-13-17(26)11-12-21(19)32-3)25(31)29(24(22)30)20-6-4-5-18(27)15(20)2/h4-13,28H,1-3H3. The van der Waals surface area contributed by atoms with Crippen molar-refractivity contribution in [2.24, 2.45) is 0 Å². The largest absolute Gasteiger partial charge is 0.495 e. The predicted molar refractivity (Wildman–Crippen MR) is 128 cm³/mol. The minimum absolute atomic E-state index is 0.138. The average molecular weight is 467 g/mol. The monoisotopic (exact) mass is 466 g/mol. The molecule has 1 aliphatic rings. The number of hydrogen-bond donors (Lipinski definition) is 1. The maximum absolute atomic E-state index is 13.6. The van der Waals surface area contributed by atoms with Crippen LogP contribution < -0.4 is 15.0 Å². The third-order valence-electron chi connectivity index (χ3n) is 5.33. The Labute approximate surface area is 196 Å². The van der Waals surface area contributed by atoms with E-state index in [9.17, 15) is 9.59 Å². The number of nitrogens with one attached hydrogen (secondary N) is 1. The second-order valence-electron chi connectivity index (χ2n) is 7.42. The number of hydrogen-bond acceptors (Lipinski definition) is 4. The fourth-order valence-electron chi connectivity index (χ4n) is 3.60. The molecule has 1 N–H and O–H groups in total. The van der Waals surface area contributed by atoms with Gasteiger partial charge >= 0.3 is 0 Å². The summed E-state index contributed by atoms with van der Waals surface area (Å²) in [5, 5.41) is 4.04. The highest BCUT2D eigenvalue weighted by molar-refractivity contribution is 6.46. The number of halogens is 2. The predicted octanol–water partition coefficient (Wildman–Crippen LogP) is 6.02. The number of rotatable bonds is 5. The molecule has 3 aromatic carbocycles. The molecular formula is C25H20Cl2N2O3. The quantitative estimate of drug-likeness (QED) is 0.467. The van der Waals surface area contributed by atoms with Crippen molar-refractivity contribution in [3.05, 3.63) is 93.1 Å². The van der Waals surface area contributed by atoms with Crippen LogP contribution in [0, 0.1) is 13.8 Å². The molecule has 0 radical (unpaired) electrons. The molecule has 7 heteroatoms. The van der Waals surface area contributed by atoms with Crippen LogP contribution in [0.25, 0.3) is 5.57 Å². The number of carbonyl (C=O) groups excluding carboxylic acids is 2. The molecule has 0 unspecified atom stereocenters. The van der Waals surface area contributed by atoms with Crippen molar-refractivity contribution < 1.29 is 14.3 Å². The van der Waals surface area contributed by atoms with Crippen LogP contribution in [0.5, 0.6) is 5.75 Å². The Morgan fingerprint density at radius 1 is 0.906 bits per heavy atom. The third-order valence-corrected chi connectivity index (χ3v) is 5.97. The number of aryl methyl sites for hydroxylation is 1. The molecule has 2 amide bonds. The van der Waals surface area contributed by atoms with Gasteiger partial charge in [0, 0.05) is 10.0 Å². The van der Waals surface area contributed by atoms with Crippen molar-refractivity contribution in [1.82, 2.24) is 0 Å². The molecule has 0 aromatic heterocycles. The topological polar surface area (TPSA) is 58.6 Å². The molecule has 32 heavy (non-hydrogen) atoms. The number of ether oxygens (including phenoxy) is 1. The van der Waals surface area contributed by atoms with E-state index in [1.807, 2.05) is 31.2 Å². The molecule has 162 valence electrons. The maximum atomic E-state index is 13.6. The first-order valence-electron chi connectivity index (χ1n) is 9.87. The number of amides is 2. The van der Waals surface area contributed by atoms with Crippen molar-refractivity contribution in [1.29, 1.82) is 0 Å². The van der Waals surface area contributed by atoms with Crippen molar-refractivity contribution in [3.8, 4) is 5.75 Å². The van der Waals surface area contributed by atoms with E-state index in [4.69, 9.17) is 27.9 Å². The van der Waals surface area contributed by atoms with Crippen LogP contribution in [0.15, 0.2) is 66.4 Å². The Morgan fingerprint density at radius 2 is 1.62 bits per heavy atom. The number of imide groups is 1. The van der Waals surface area contributed by atoms with Crippen molar-refractivity contribution >= 4 is 52.0 Å². The first kappa shape index (κ1) is 21.9. The van der Waals surface area contributed by atoms with E-state index < -0.39 is 11.8 Å². The van der Waals surface area contributed by atoms with Crippen molar-refractivity contribution in [2.45, 2.75) is 13.8 Å². The van der Waals surface area contributed by atoms with Crippen LogP contribution in [-0.2, 0) is 9.59 Å². The summed E-state index contributed by atoms with van der Waals surface area (Å²) in [5.74, 6) is -0.437. The summed E-state index contributed by atoms with van der Waals surface area (Å²) in [7, 11) is 1.52. The van der Waals surface area contributed by atoms with Gasteiger partial charge in [0.1, 0.15) is 11.4 Å². The molecule has 0 bridgehead atoms. The zero-order valence-corrected chi connectivity index (χ0v) is 19.2. The fraction of sp³-hybridized carbons (Fsp3) is 0.120. The van der Waals surface area contributed by atoms with Gasteiger partial charge in [0.25, 0.3) is 11.8 Å². The Kier molecular flexibility index (Phi) is 5.96. The molecule has 5 nitrogen and oxygen atoms in total. The summed E-state index contributed by atoms with van der Waals surface area (Å²) >= 11 is 12.4. The van der Waals surface area contributed by atoms with E-state index in [0.717, 1.165) is 10.5 Å². The normalized spacial score (nSPS) is 13.7.